The molecule has 0 fully saturated rings. The van der Waals surface area contributed by atoms with Gasteiger partial charge in [-0.15, -0.1) is 0 Å². The number of hydrogen-bond acceptors (Lipinski definition) is 4. The first kappa shape index (κ1) is 17.0. The second kappa shape index (κ2) is 6.59. The van der Waals surface area contributed by atoms with Crippen LogP contribution in [-0.4, -0.2) is 20.7 Å². The van der Waals surface area contributed by atoms with E-state index < -0.39 is 16.1 Å². The van der Waals surface area contributed by atoms with Crippen LogP contribution in [0.15, 0.2) is 51.4 Å². The molecule has 4 nitrogen and oxygen atoms in total. The molecule has 0 N–H and O–H groups in total. The minimum atomic E-state index is -1.31. The summed E-state index contributed by atoms with van der Waals surface area (Å²) in [5.74, 6) is 0. The molecule has 0 radical (unpaired) electrons. The molecule has 1 atom stereocenters. The molecule has 1 heterocycles. The van der Waals surface area contributed by atoms with Crippen molar-refractivity contribution < 1.29 is 9.08 Å². The van der Waals surface area contributed by atoms with E-state index in [-0.39, 0.29) is 0 Å². The minimum Gasteiger partial charge on any atom is -0.591 e. The van der Waals surface area contributed by atoms with Crippen LogP contribution in [0.25, 0.3) is 22.2 Å². The molecule has 0 saturated carbocycles. The van der Waals surface area contributed by atoms with Gasteiger partial charge in [-0.25, -0.2) is 0 Å². The lowest BCUT2D eigenvalue weighted by Crippen LogP contribution is -2.25. The van der Waals surface area contributed by atoms with Crippen LogP contribution in [0.2, 0.25) is 5.02 Å². The van der Waals surface area contributed by atoms with Crippen molar-refractivity contribution in [3.8, 4) is 11.3 Å². The highest BCUT2D eigenvalue weighted by molar-refractivity contribution is 7.91. The molecule has 124 valence electrons. The molecule has 0 amide bonds. The van der Waals surface area contributed by atoms with E-state index in [1.54, 1.807) is 18.3 Å². The van der Waals surface area contributed by atoms with E-state index in [0.717, 1.165) is 16.5 Å². The summed E-state index contributed by atoms with van der Waals surface area (Å²) in [6.07, 6.45) is 1.63. The molecule has 0 aliphatic rings. The monoisotopic (exact) mass is 360 g/mol. The van der Waals surface area contributed by atoms with E-state index in [4.69, 9.17) is 16.1 Å². The van der Waals surface area contributed by atoms with Crippen LogP contribution in [0.5, 0.6) is 0 Å². The highest BCUT2D eigenvalue weighted by Gasteiger charge is 2.26. The van der Waals surface area contributed by atoms with Gasteiger partial charge in [0.2, 0.25) is 0 Å². The number of nitrogens with zero attached hydrogens (tertiary/aromatic N) is 2. The first-order chi connectivity index (χ1) is 11.4. The Morgan fingerprint density at radius 1 is 1.21 bits per heavy atom. The van der Waals surface area contributed by atoms with Crippen LogP contribution in [0.4, 0.5) is 0 Å². The first-order valence-electron chi connectivity index (χ1n) is 7.46. The Morgan fingerprint density at radius 2 is 1.96 bits per heavy atom. The predicted octanol–water partition coefficient (Wildman–Crippen LogP) is 5.03. The maximum Gasteiger partial charge on any atom is 0.169 e. The summed E-state index contributed by atoms with van der Waals surface area (Å²) in [7, 11) is 0. The van der Waals surface area contributed by atoms with Gasteiger partial charge >= 0.3 is 0 Å². The highest BCUT2D eigenvalue weighted by Crippen LogP contribution is 2.31. The van der Waals surface area contributed by atoms with E-state index in [1.165, 1.54) is 0 Å². The van der Waals surface area contributed by atoms with Crippen molar-refractivity contribution in [3.05, 3.63) is 53.1 Å². The number of fused-ring (bicyclic) bond motifs is 1. The first-order valence-corrected chi connectivity index (χ1v) is 8.95. The predicted molar refractivity (Wildman–Crippen MR) is 99.9 cm³/mol. The Balaban J connectivity index is 2.04. The standard InChI is InChI=1S/C18H17ClN2O2S/c1-18(2,3)24(22)20-11-12-6-4-5-7-14(12)17-15-9-8-13(19)10-16(15)23-21-17/h4-11H,1-3H3/t24-/m0/s1. The maximum absolute atomic E-state index is 12.1. The summed E-state index contributed by atoms with van der Waals surface area (Å²) in [6, 6.07) is 13.1. The average Bonchev–Trinajstić information content (AvgIpc) is 2.94. The molecule has 1 aromatic heterocycles. The Morgan fingerprint density at radius 3 is 2.71 bits per heavy atom. The average molecular weight is 361 g/mol. The number of benzene rings is 2. The molecule has 0 aliphatic carbocycles. The van der Waals surface area contributed by atoms with Crippen molar-refractivity contribution in [2.75, 3.05) is 0 Å². The fourth-order valence-electron chi connectivity index (χ4n) is 2.19. The van der Waals surface area contributed by atoms with Crippen molar-refractivity contribution in [1.82, 2.24) is 5.16 Å². The molecule has 2 aromatic carbocycles. The summed E-state index contributed by atoms with van der Waals surface area (Å²) in [5.41, 5.74) is 3.04. The molecule has 6 heteroatoms. The van der Waals surface area contributed by atoms with Crippen LogP contribution >= 0.6 is 11.6 Å². The Kier molecular flexibility index (Phi) is 4.67. The zero-order chi connectivity index (χ0) is 17.3. The quantitative estimate of drug-likeness (QED) is 0.486. The lowest BCUT2D eigenvalue weighted by Gasteiger charge is -2.17. The van der Waals surface area contributed by atoms with E-state index in [9.17, 15) is 4.55 Å². The van der Waals surface area contributed by atoms with Crippen LogP contribution in [-0.2, 0) is 11.4 Å². The lowest BCUT2D eigenvalue weighted by molar-refractivity contribution is 0.459. The van der Waals surface area contributed by atoms with Gasteiger partial charge in [-0.3, -0.25) is 0 Å². The van der Waals surface area contributed by atoms with Gasteiger partial charge in [0, 0.05) is 27.6 Å². The molecule has 0 bridgehead atoms. The van der Waals surface area contributed by atoms with Crippen molar-refractivity contribution in [3.63, 3.8) is 0 Å². The van der Waals surface area contributed by atoms with Crippen molar-refractivity contribution in [2.24, 2.45) is 4.40 Å². The highest BCUT2D eigenvalue weighted by atomic mass is 35.5. The van der Waals surface area contributed by atoms with E-state index in [1.807, 2.05) is 51.1 Å². The van der Waals surface area contributed by atoms with Gasteiger partial charge in [0.05, 0.1) is 6.21 Å². The van der Waals surface area contributed by atoms with Gasteiger partial charge in [0.1, 0.15) is 21.8 Å². The number of rotatable bonds is 3. The van der Waals surface area contributed by atoms with Gasteiger partial charge in [-0.1, -0.05) is 45.4 Å². The molecule has 0 unspecified atom stereocenters. The van der Waals surface area contributed by atoms with Gasteiger partial charge in [0.15, 0.2) is 5.58 Å². The zero-order valence-electron chi connectivity index (χ0n) is 13.6. The summed E-state index contributed by atoms with van der Waals surface area (Å²) in [6.45, 7) is 5.67. The van der Waals surface area contributed by atoms with Crippen LogP contribution in [0, 0.1) is 0 Å². The maximum atomic E-state index is 12.1. The zero-order valence-corrected chi connectivity index (χ0v) is 15.2. The smallest absolute Gasteiger partial charge is 0.169 e. The molecular weight excluding hydrogens is 344 g/mol. The normalized spacial score (nSPS) is 13.7. The largest absolute Gasteiger partial charge is 0.591 e. The molecule has 24 heavy (non-hydrogen) atoms. The van der Waals surface area contributed by atoms with E-state index >= 15 is 0 Å². The minimum absolute atomic E-state index is 0.400. The van der Waals surface area contributed by atoms with Gasteiger partial charge in [-0.05, 0) is 32.9 Å². The van der Waals surface area contributed by atoms with Gasteiger partial charge in [-0.2, -0.15) is 0 Å². The topological polar surface area (TPSA) is 61.5 Å². The third kappa shape index (κ3) is 3.48. The van der Waals surface area contributed by atoms with Gasteiger partial charge in [0.25, 0.3) is 0 Å². The third-order valence-electron chi connectivity index (χ3n) is 3.46. The number of halogens is 1. The van der Waals surface area contributed by atoms with Crippen molar-refractivity contribution >= 4 is 40.1 Å². The number of aromatic nitrogens is 1. The second-order valence-electron chi connectivity index (χ2n) is 6.35. The van der Waals surface area contributed by atoms with E-state index in [2.05, 4.69) is 9.55 Å². The fraction of sp³-hybridized carbons (Fsp3) is 0.222. The Bertz CT molecular complexity index is 899. The van der Waals surface area contributed by atoms with E-state index in [0.29, 0.717) is 16.3 Å². The van der Waals surface area contributed by atoms with Crippen LogP contribution in [0.1, 0.15) is 26.3 Å². The molecule has 0 saturated heterocycles. The Labute approximate surface area is 148 Å². The summed E-state index contributed by atoms with van der Waals surface area (Å²) in [4.78, 5) is 0. The van der Waals surface area contributed by atoms with Crippen molar-refractivity contribution in [2.45, 2.75) is 25.5 Å². The van der Waals surface area contributed by atoms with Crippen LogP contribution in [0.3, 0.4) is 0 Å². The lowest BCUT2D eigenvalue weighted by atomic mass is 10.0. The van der Waals surface area contributed by atoms with Gasteiger partial charge < -0.3 is 9.08 Å². The number of hydrogen-bond donors (Lipinski definition) is 0. The molecule has 0 aliphatic heterocycles. The van der Waals surface area contributed by atoms with Crippen LogP contribution < -0.4 is 0 Å². The molecule has 3 rings (SSSR count). The molecule has 0 spiro atoms. The second-order valence-corrected chi connectivity index (χ2v) is 8.73. The Hall–Kier alpha value is -1.82. The summed E-state index contributed by atoms with van der Waals surface area (Å²) >= 11 is 4.67. The SMILES string of the molecule is CC(C)(C)[S@+]([O-])N=Cc1ccccc1-c1noc2cc(Cl)ccc12. The third-order valence-corrected chi connectivity index (χ3v) is 5.04. The van der Waals surface area contributed by atoms with Crippen molar-refractivity contribution in [1.29, 1.82) is 0 Å². The summed E-state index contributed by atoms with van der Waals surface area (Å²) in [5, 5.41) is 5.64. The molecular formula is C18H17ClN2O2S. The summed E-state index contributed by atoms with van der Waals surface area (Å²) < 4.78 is 21.3. The molecule has 3 aromatic rings. The fourth-order valence-corrected chi connectivity index (χ4v) is 2.88.